The van der Waals surface area contributed by atoms with Crippen LogP contribution in [0.2, 0.25) is 0 Å². The fraction of sp³-hybridized carbons (Fsp3) is 0.357. The van der Waals surface area contributed by atoms with Gasteiger partial charge >= 0.3 is 0 Å². The molecule has 0 saturated carbocycles. The molecule has 1 N–H and O–H groups in total. The Hall–Kier alpha value is -1.97. The molecule has 1 atom stereocenters. The number of Topliss-reactive ketones (excluding diaryl/α,β-unsaturated/α-hetero) is 2. The number of hydrogen-bond acceptors (Lipinski definition) is 4. The molecule has 4 heteroatoms. The van der Waals surface area contributed by atoms with Gasteiger partial charge in [-0.1, -0.05) is 50.2 Å². The first kappa shape index (κ1) is 12.5. The number of oxime groups is 1. The van der Waals surface area contributed by atoms with Crippen molar-refractivity contribution in [2.45, 2.75) is 20.8 Å². The molecular formula is C14H15NO3. The summed E-state index contributed by atoms with van der Waals surface area (Å²) >= 11 is 0. The number of fused-ring (bicyclic) bond motifs is 1. The molecule has 4 nitrogen and oxygen atoms in total. The van der Waals surface area contributed by atoms with E-state index in [1.165, 1.54) is 0 Å². The minimum absolute atomic E-state index is 0.163. The van der Waals surface area contributed by atoms with Crippen LogP contribution in [-0.2, 0) is 4.79 Å². The van der Waals surface area contributed by atoms with Crippen molar-refractivity contribution >= 4 is 17.3 Å². The molecule has 0 radical (unpaired) electrons. The standard InChI is InChI=1S/C14H15NO3/c1-14(2,3)13(17)10-11(15-18)8-6-4-5-7-9(8)12(10)16/h4-7,10,18H,1-3H3. The minimum atomic E-state index is -0.979. The van der Waals surface area contributed by atoms with Gasteiger partial charge in [-0.05, 0) is 0 Å². The first-order chi connectivity index (χ1) is 8.38. The molecular weight excluding hydrogens is 230 g/mol. The molecule has 2 rings (SSSR count). The first-order valence-corrected chi connectivity index (χ1v) is 5.78. The van der Waals surface area contributed by atoms with E-state index in [0.29, 0.717) is 11.1 Å². The molecule has 0 bridgehead atoms. The second kappa shape index (κ2) is 4.05. The van der Waals surface area contributed by atoms with Gasteiger partial charge in [-0.2, -0.15) is 0 Å². The zero-order chi connectivity index (χ0) is 13.5. The van der Waals surface area contributed by atoms with Crippen LogP contribution in [-0.4, -0.2) is 22.5 Å². The molecule has 0 fully saturated rings. The molecule has 1 aromatic rings. The predicted molar refractivity (Wildman–Crippen MR) is 67.0 cm³/mol. The van der Waals surface area contributed by atoms with Gasteiger partial charge in [0.2, 0.25) is 0 Å². The van der Waals surface area contributed by atoms with E-state index < -0.39 is 11.3 Å². The summed E-state index contributed by atoms with van der Waals surface area (Å²) in [5.41, 5.74) is 0.509. The average molecular weight is 245 g/mol. The topological polar surface area (TPSA) is 66.7 Å². The van der Waals surface area contributed by atoms with Crippen LogP contribution in [0, 0.1) is 11.3 Å². The highest BCUT2D eigenvalue weighted by Crippen LogP contribution is 2.32. The quantitative estimate of drug-likeness (QED) is 0.469. The van der Waals surface area contributed by atoms with Crippen LogP contribution in [0.4, 0.5) is 0 Å². The Kier molecular flexibility index (Phi) is 2.81. The molecule has 0 heterocycles. The second-order valence-electron chi connectivity index (χ2n) is 5.44. The van der Waals surface area contributed by atoms with Gasteiger partial charge in [-0.3, -0.25) is 9.59 Å². The summed E-state index contributed by atoms with van der Waals surface area (Å²) in [6.07, 6.45) is 0. The minimum Gasteiger partial charge on any atom is -0.411 e. The highest BCUT2D eigenvalue weighted by molar-refractivity contribution is 6.37. The summed E-state index contributed by atoms with van der Waals surface area (Å²) in [5.74, 6) is -1.48. The van der Waals surface area contributed by atoms with Gasteiger partial charge in [-0.15, -0.1) is 0 Å². The number of carbonyl (C=O) groups excluding carboxylic acids is 2. The number of hydrogen-bond donors (Lipinski definition) is 1. The largest absolute Gasteiger partial charge is 0.411 e. The third kappa shape index (κ3) is 1.74. The van der Waals surface area contributed by atoms with E-state index in [2.05, 4.69) is 5.16 Å². The van der Waals surface area contributed by atoms with Gasteiger partial charge in [0.15, 0.2) is 11.6 Å². The summed E-state index contributed by atoms with van der Waals surface area (Å²) in [7, 11) is 0. The lowest BCUT2D eigenvalue weighted by atomic mass is 9.80. The molecule has 94 valence electrons. The fourth-order valence-electron chi connectivity index (χ4n) is 2.14. The molecule has 1 unspecified atom stereocenters. The molecule has 18 heavy (non-hydrogen) atoms. The van der Waals surface area contributed by atoms with Crippen molar-refractivity contribution in [2.24, 2.45) is 16.5 Å². The van der Waals surface area contributed by atoms with E-state index in [1.807, 2.05) is 0 Å². The maximum Gasteiger partial charge on any atom is 0.180 e. The summed E-state index contributed by atoms with van der Waals surface area (Å²) in [6, 6.07) is 6.83. The Morgan fingerprint density at radius 1 is 1.22 bits per heavy atom. The van der Waals surface area contributed by atoms with Crippen molar-refractivity contribution in [3.63, 3.8) is 0 Å². The van der Waals surface area contributed by atoms with Crippen molar-refractivity contribution in [3.8, 4) is 0 Å². The molecule has 1 aliphatic rings. The average Bonchev–Trinajstić information content (AvgIpc) is 2.60. The Balaban J connectivity index is 2.55. The van der Waals surface area contributed by atoms with Gasteiger partial charge in [-0.25, -0.2) is 0 Å². The van der Waals surface area contributed by atoms with E-state index in [0.717, 1.165) is 0 Å². The second-order valence-corrected chi connectivity index (χ2v) is 5.44. The Labute approximate surface area is 105 Å². The van der Waals surface area contributed by atoms with Crippen LogP contribution < -0.4 is 0 Å². The van der Waals surface area contributed by atoms with Crippen LogP contribution >= 0.6 is 0 Å². The lowest BCUT2D eigenvalue weighted by Gasteiger charge is -2.20. The van der Waals surface area contributed by atoms with E-state index >= 15 is 0 Å². The van der Waals surface area contributed by atoms with Crippen LogP contribution in [0.3, 0.4) is 0 Å². The predicted octanol–water partition coefficient (Wildman–Crippen LogP) is 2.29. The van der Waals surface area contributed by atoms with Crippen molar-refractivity contribution < 1.29 is 14.8 Å². The van der Waals surface area contributed by atoms with Crippen LogP contribution in [0.5, 0.6) is 0 Å². The molecule has 1 aromatic carbocycles. The SMILES string of the molecule is CC(C)(C)C(=O)C1C(=O)c2ccccc2C1=NO. The van der Waals surface area contributed by atoms with Crippen LogP contribution in [0.1, 0.15) is 36.7 Å². The van der Waals surface area contributed by atoms with Crippen molar-refractivity contribution in [3.05, 3.63) is 35.4 Å². The van der Waals surface area contributed by atoms with Crippen molar-refractivity contribution in [1.29, 1.82) is 0 Å². The number of rotatable bonds is 1. The van der Waals surface area contributed by atoms with Gasteiger partial charge in [0.1, 0.15) is 11.6 Å². The highest BCUT2D eigenvalue weighted by atomic mass is 16.4. The number of carbonyl (C=O) groups is 2. The third-order valence-electron chi connectivity index (χ3n) is 3.11. The third-order valence-corrected chi connectivity index (χ3v) is 3.11. The van der Waals surface area contributed by atoms with Gasteiger partial charge in [0.25, 0.3) is 0 Å². The Morgan fingerprint density at radius 3 is 2.28 bits per heavy atom. The monoisotopic (exact) mass is 245 g/mol. The summed E-state index contributed by atoms with van der Waals surface area (Å²) in [5, 5.41) is 12.3. The highest BCUT2D eigenvalue weighted by Gasteiger charge is 2.45. The normalized spacial score (nSPS) is 21.2. The fourth-order valence-corrected chi connectivity index (χ4v) is 2.14. The zero-order valence-corrected chi connectivity index (χ0v) is 10.6. The molecule has 0 saturated heterocycles. The maximum atomic E-state index is 12.3. The van der Waals surface area contributed by atoms with Crippen molar-refractivity contribution in [1.82, 2.24) is 0 Å². The number of ketones is 2. The lowest BCUT2D eigenvalue weighted by molar-refractivity contribution is -0.127. The molecule has 0 aromatic heterocycles. The summed E-state index contributed by atoms with van der Waals surface area (Å²) in [6.45, 7) is 5.25. The van der Waals surface area contributed by atoms with E-state index in [-0.39, 0.29) is 17.3 Å². The van der Waals surface area contributed by atoms with E-state index in [9.17, 15) is 9.59 Å². The number of benzene rings is 1. The molecule has 1 aliphatic carbocycles. The van der Waals surface area contributed by atoms with Gasteiger partial charge in [0.05, 0.1) is 0 Å². The number of nitrogens with zero attached hydrogens (tertiary/aromatic N) is 1. The summed E-state index contributed by atoms with van der Waals surface area (Å²) in [4.78, 5) is 24.5. The van der Waals surface area contributed by atoms with Crippen LogP contribution in [0.25, 0.3) is 0 Å². The maximum absolute atomic E-state index is 12.3. The molecule has 0 spiro atoms. The zero-order valence-electron chi connectivity index (χ0n) is 10.6. The lowest BCUT2D eigenvalue weighted by Crippen LogP contribution is -2.35. The van der Waals surface area contributed by atoms with Gasteiger partial charge < -0.3 is 5.21 Å². The molecule has 0 aliphatic heterocycles. The Bertz CT molecular complexity index is 552. The van der Waals surface area contributed by atoms with E-state index in [4.69, 9.17) is 5.21 Å². The van der Waals surface area contributed by atoms with E-state index in [1.54, 1.807) is 45.0 Å². The Morgan fingerprint density at radius 2 is 1.78 bits per heavy atom. The molecule has 0 amide bonds. The van der Waals surface area contributed by atoms with Crippen LogP contribution in [0.15, 0.2) is 29.4 Å². The smallest absolute Gasteiger partial charge is 0.180 e. The summed E-state index contributed by atoms with van der Waals surface area (Å²) < 4.78 is 0. The first-order valence-electron chi connectivity index (χ1n) is 5.78. The van der Waals surface area contributed by atoms with Crippen molar-refractivity contribution in [2.75, 3.05) is 0 Å². The van der Waals surface area contributed by atoms with Gasteiger partial charge in [0, 0.05) is 16.5 Å².